The van der Waals surface area contributed by atoms with Gasteiger partial charge >= 0.3 is 5.97 Å². The molecular formula is C18H23NO4. The van der Waals surface area contributed by atoms with Crippen molar-refractivity contribution in [3.05, 3.63) is 35.9 Å². The summed E-state index contributed by atoms with van der Waals surface area (Å²) in [6.45, 7) is 1.06. The molecule has 1 heterocycles. The van der Waals surface area contributed by atoms with Gasteiger partial charge in [-0.05, 0) is 37.2 Å². The summed E-state index contributed by atoms with van der Waals surface area (Å²) in [6.07, 6.45) is 3.01. The fourth-order valence-electron chi connectivity index (χ4n) is 3.32. The number of amides is 1. The highest BCUT2D eigenvalue weighted by molar-refractivity contribution is 5.85. The van der Waals surface area contributed by atoms with E-state index in [-0.39, 0.29) is 18.4 Å². The van der Waals surface area contributed by atoms with Crippen LogP contribution in [0, 0.1) is 11.3 Å². The highest BCUT2D eigenvalue weighted by Crippen LogP contribution is 2.43. The number of carbonyl (C=O) groups excluding carboxylic acids is 1. The molecule has 3 rings (SSSR count). The van der Waals surface area contributed by atoms with Crippen LogP contribution in [0.25, 0.3) is 0 Å². The van der Waals surface area contributed by atoms with E-state index in [0.29, 0.717) is 32.0 Å². The van der Waals surface area contributed by atoms with Crippen LogP contribution in [0.3, 0.4) is 0 Å². The van der Waals surface area contributed by atoms with Crippen molar-refractivity contribution in [3.8, 4) is 0 Å². The summed E-state index contributed by atoms with van der Waals surface area (Å²) in [4.78, 5) is 24.4. The number of aliphatic carboxylic acids is 1. The summed E-state index contributed by atoms with van der Waals surface area (Å²) in [6, 6.07) is 9.77. The topological polar surface area (TPSA) is 75.6 Å². The number of carbonyl (C=O) groups is 2. The van der Waals surface area contributed by atoms with Gasteiger partial charge in [0.25, 0.3) is 0 Å². The zero-order valence-corrected chi connectivity index (χ0v) is 13.2. The molecule has 1 unspecified atom stereocenters. The van der Waals surface area contributed by atoms with Crippen molar-refractivity contribution >= 4 is 11.9 Å². The zero-order valence-electron chi connectivity index (χ0n) is 13.2. The van der Waals surface area contributed by atoms with Crippen LogP contribution in [-0.2, 0) is 14.3 Å². The molecule has 1 atom stereocenters. The van der Waals surface area contributed by atoms with Crippen LogP contribution < -0.4 is 5.32 Å². The maximum Gasteiger partial charge on any atom is 0.311 e. The number of hydrogen-bond donors (Lipinski definition) is 2. The van der Waals surface area contributed by atoms with Gasteiger partial charge in [-0.1, -0.05) is 30.3 Å². The third kappa shape index (κ3) is 3.55. The predicted octanol–water partition coefficient (Wildman–Crippen LogP) is 2.18. The van der Waals surface area contributed by atoms with Gasteiger partial charge in [-0.15, -0.1) is 0 Å². The summed E-state index contributed by atoms with van der Waals surface area (Å²) >= 11 is 0. The Bertz CT molecular complexity index is 562. The minimum atomic E-state index is -0.890. The molecule has 1 saturated heterocycles. The highest BCUT2D eigenvalue weighted by Gasteiger charge is 2.42. The van der Waals surface area contributed by atoms with Crippen LogP contribution in [0.1, 0.15) is 37.2 Å². The fourth-order valence-corrected chi connectivity index (χ4v) is 3.32. The Kier molecular flexibility index (Phi) is 4.66. The van der Waals surface area contributed by atoms with E-state index in [2.05, 4.69) is 5.32 Å². The number of rotatable bonds is 6. The van der Waals surface area contributed by atoms with Gasteiger partial charge in [0.2, 0.25) is 5.91 Å². The highest BCUT2D eigenvalue weighted by atomic mass is 16.5. The Morgan fingerprint density at radius 3 is 2.43 bits per heavy atom. The summed E-state index contributed by atoms with van der Waals surface area (Å²) in [5, 5.41) is 12.5. The van der Waals surface area contributed by atoms with Crippen molar-refractivity contribution in [2.75, 3.05) is 19.8 Å². The summed E-state index contributed by atoms with van der Waals surface area (Å²) in [5.74, 6) is -0.677. The molecule has 0 aromatic heterocycles. The molecule has 1 amide bonds. The first-order valence-corrected chi connectivity index (χ1v) is 8.26. The van der Waals surface area contributed by atoms with Gasteiger partial charge < -0.3 is 15.2 Å². The lowest BCUT2D eigenvalue weighted by molar-refractivity contribution is -0.154. The van der Waals surface area contributed by atoms with E-state index in [9.17, 15) is 14.7 Å². The summed E-state index contributed by atoms with van der Waals surface area (Å²) in [7, 11) is 0. The molecule has 5 heteroatoms. The molecule has 2 fully saturated rings. The van der Waals surface area contributed by atoms with E-state index in [0.717, 1.165) is 18.4 Å². The van der Waals surface area contributed by atoms with Crippen LogP contribution >= 0.6 is 0 Å². The molecule has 0 spiro atoms. The van der Waals surface area contributed by atoms with Crippen LogP contribution in [0.5, 0.6) is 0 Å². The third-order valence-electron chi connectivity index (χ3n) is 5.04. The van der Waals surface area contributed by atoms with E-state index in [4.69, 9.17) is 4.74 Å². The van der Waals surface area contributed by atoms with Crippen LogP contribution in [0.2, 0.25) is 0 Å². The Morgan fingerprint density at radius 2 is 1.87 bits per heavy atom. The maximum atomic E-state index is 12.7. The maximum absolute atomic E-state index is 12.7. The number of carboxylic acids is 1. The molecule has 1 aromatic rings. The number of nitrogens with one attached hydrogen (secondary N) is 1. The smallest absolute Gasteiger partial charge is 0.311 e. The second-order valence-electron chi connectivity index (χ2n) is 6.64. The molecule has 2 N–H and O–H groups in total. The van der Waals surface area contributed by atoms with E-state index < -0.39 is 11.4 Å². The number of hydrogen-bond acceptors (Lipinski definition) is 3. The molecule has 5 nitrogen and oxygen atoms in total. The normalized spacial score (nSPS) is 21.4. The number of carboxylic acid groups (broad SMARTS) is 1. The Balaban J connectivity index is 1.68. The molecule has 23 heavy (non-hydrogen) atoms. The molecule has 2 aliphatic rings. The molecule has 1 aromatic carbocycles. The molecule has 1 aliphatic heterocycles. The average molecular weight is 317 g/mol. The van der Waals surface area contributed by atoms with Crippen molar-refractivity contribution < 1.29 is 19.4 Å². The second-order valence-corrected chi connectivity index (χ2v) is 6.64. The minimum absolute atomic E-state index is 0.0502. The Morgan fingerprint density at radius 1 is 1.22 bits per heavy atom. The van der Waals surface area contributed by atoms with E-state index in [1.165, 1.54) is 0 Å². The van der Waals surface area contributed by atoms with Crippen molar-refractivity contribution in [2.24, 2.45) is 11.3 Å². The van der Waals surface area contributed by atoms with E-state index in [1.807, 2.05) is 30.3 Å². The molecule has 0 radical (unpaired) electrons. The largest absolute Gasteiger partial charge is 0.481 e. The van der Waals surface area contributed by atoms with Crippen LogP contribution in [-0.4, -0.2) is 36.7 Å². The molecule has 0 bridgehead atoms. The quantitative estimate of drug-likeness (QED) is 0.843. The van der Waals surface area contributed by atoms with E-state index in [1.54, 1.807) is 0 Å². The molecule has 1 aliphatic carbocycles. The van der Waals surface area contributed by atoms with Gasteiger partial charge in [0.15, 0.2) is 0 Å². The van der Waals surface area contributed by atoms with Crippen molar-refractivity contribution in [1.29, 1.82) is 0 Å². The average Bonchev–Trinajstić information content (AvgIpc) is 3.40. The standard InChI is InChI=1S/C18H23NO4/c20-16(15(14-6-7-14)13-4-2-1-3-5-13)19-12-18(17(21)22)8-10-23-11-9-18/h1-5,14-15H,6-12H2,(H,19,20)(H,21,22). The van der Waals surface area contributed by atoms with Gasteiger partial charge in [-0.3, -0.25) is 9.59 Å². The molecular weight excluding hydrogens is 294 g/mol. The zero-order chi connectivity index (χ0) is 16.3. The Labute approximate surface area is 136 Å². The van der Waals surface area contributed by atoms with Gasteiger partial charge in [0, 0.05) is 19.8 Å². The van der Waals surface area contributed by atoms with Crippen molar-refractivity contribution in [2.45, 2.75) is 31.6 Å². The fraction of sp³-hybridized carbons (Fsp3) is 0.556. The first-order chi connectivity index (χ1) is 11.1. The minimum Gasteiger partial charge on any atom is -0.481 e. The number of benzene rings is 1. The van der Waals surface area contributed by atoms with Gasteiger partial charge in [-0.25, -0.2) is 0 Å². The van der Waals surface area contributed by atoms with Crippen LogP contribution in [0.15, 0.2) is 30.3 Å². The number of ether oxygens (including phenoxy) is 1. The van der Waals surface area contributed by atoms with Crippen molar-refractivity contribution in [1.82, 2.24) is 5.32 Å². The monoisotopic (exact) mass is 317 g/mol. The van der Waals surface area contributed by atoms with Gasteiger partial charge in [0.05, 0.1) is 11.3 Å². The van der Waals surface area contributed by atoms with Gasteiger partial charge in [-0.2, -0.15) is 0 Å². The lowest BCUT2D eigenvalue weighted by Gasteiger charge is -2.33. The lowest BCUT2D eigenvalue weighted by atomic mass is 9.80. The summed E-state index contributed by atoms with van der Waals surface area (Å²) in [5.41, 5.74) is 0.127. The SMILES string of the molecule is O=C(NCC1(C(=O)O)CCOCC1)C(c1ccccc1)C1CC1. The summed E-state index contributed by atoms with van der Waals surface area (Å²) < 4.78 is 5.27. The van der Waals surface area contributed by atoms with Crippen molar-refractivity contribution in [3.63, 3.8) is 0 Å². The van der Waals surface area contributed by atoms with Gasteiger partial charge in [0.1, 0.15) is 0 Å². The van der Waals surface area contributed by atoms with Crippen LogP contribution in [0.4, 0.5) is 0 Å². The first kappa shape index (κ1) is 16.0. The first-order valence-electron chi connectivity index (χ1n) is 8.26. The third-order valence-corrected chi connectivity index (χ3v) is 5.04. The molecule has 124 valence electrons. The predicted molar refractivity (Wildman–Crippen MR) is 85.0 cm³/mol. The molecule has 1 saturated carbocycles. The van der Waals surface area contributed by atoms with E-state index >= 15 is 0 Å². The lowest BCUT2D eigenvalue weighted by Crippen LogP contribution is -2.47. The second kappa shape index (κ2) is 6.71. The Hall–Kier alpha value is -1.88.